The lowest BCUT2D eigenvalue weighted by Gasteiger charge is -2.27. The van der Waals surface area contributed by atoms with Crippen LogP contribution in [0.25, 0.3) is 0 Å². The van der Waals surface area contributed by atoms with Gasteiger partial charge in [0.2, 0.25) is 11.8 Å². The zero-order valence-electron chi connectivity index (χ0n) is 18.3. The van der Waals surface area contributed by atoms with Crippen LogP contribution in [0, 0.1) is 5.92 Å². The van der Waals surface area contributed by atoms with Gasteiger partial charge in [0.25, 0.3) is 0 Å². The van der Waals surface area contributed by atoms with Crippen molar-refractivity contribution in [3.05, 3.63) is 108 Å². The van der Waals surface area contributed by atoms with Crippen LogP contribution in [0.5, 0.6) is 0 Å². The van der Waals surface area contributed by atoms with E-state index in [9.17, 15) is 9.59 Å². The first-order valence-corrected chi connectivity index (χ1v) is 10.7. The summed E-state index contributed by atoms with van der Waals surface area (Å²) in [6.45, 7) is 5.83. The molecule has 0 unspecified atom stereocenters. The molecular weight excluding hydrogens is 384 g/mol. The molecule has 3 rings (SSSR count). The van der Waals surface area contributed by atoms with E-state index in [0.717, 1.165) is 16.7 Å². The molecule has 3 aromatic carbocycles. The Morgan fingerprint density at radius 1 is 0.581 bits per heavy atom. The predicted octanol–water partition coefficient (Wildman–Crippen LogP) is 4.84. The number of carbonyl (C=O) groups is 2. The van der Waals surface area contributed by atoms with Gasteiger partial charge in [-0.25, -0.2) is 0 Å². The highest BCUT2D eigenvalue weighted by Gasteiger charge is 2.30. The van der Waals surface area contributed by atoms with Gasteiger partial charge in [-0.1, -0.05) is 105 Å². The lowest BCUT2D eigenvalue weighted by atomic mass is 9.89. The summed E-state index contributed by atoms with van der Waals surface area (Å²) in [5.41, 5.74) is 2.81. The van der Waals surface area contributed by atoms with Gasteiger partial charge in [0.15, 0.2) is 0 Å². The van der Waals surface area contributed by atoms with Crippen LogP contribution in [0.3, 0.4) is 0 Å². The lowest BCUT2D eigenvalue weighted by molar-refractivity contribution is -0.130. The second-order valence-electron chi connectivity index (χ2n) is 8.13. The van der Waals surface area contributed by atoms with Crippen LogP contribution in [0.1, 0.15) is 49.4 Å². The number of rotatable bonds is 8. The Morgan fingerprint density at radius 2 is 1.00 bits per heavy atom. The highest BCUT2D eigenvalue weighted by atomic mass is 16.2. The molecule has 0 fully saturated rings. The van der Waals surface area contributed by atoms with Crippen molar-refractivity contribution in [3.8, 4) is 0 Å². The third kappa shape index (κ3) is 5.82. The summed E-state index contributed by atoms with van der Waals surface area (Å²) in [6, 6.07) is 28.4. The van der Waals surface area contributed by atoms with Crippen molar-refractivity contribution in [1.82, 2.24) is 10.6 Å². The second-order valence-corrected chi connectivity index (χ2v) is 8.13. The molecule has 2 N–H and O–H groups in total. The SMILES string of the molecule is CC(C)[C@H](NC(=O)C(c1ccccc1)c1ccccc1)C(=O)N[C@@H](C)c1ccccc1. The van der Waals surface area contributed by atoms with Gasteiger partial charge in [-0.15, -0.1) is 0 Å². The minimum absolute atomic E-state index is 0.0564. The highest BCUT2D eigenvalue weighted by Crippen LogP contribution is 2.25. The van der Waals surface area contributed by atoms with E-state index in [1.165, 1.54) is 0 Å². The fourth-order valence-corrected chi connectivity index (χ4v) is 3.69. The van der Waals surface area contributed by atoms with Gasteiger partial charge < -0.3 is 10.6 Å². The Bertz CT molecular complexity index is 932. The maximum atomic E-state index is 13.4. The summed E-state index contributed by atoms with van der Waals surface area (Å²) < 4.78 is 0. The first-order chi connectivity index (χ1) is 15.0. The summed E-state index contributed by atoms with van der Waals surface area (Å²) in [4.78, 5) is 26.5. The van der Waals surface area contributed by atoms with Crippen molar-refractivity contribution in [2.75, 3.05) is 0 Å². The van der Waals surface area contributed by atoms with E-state index in [1.54, 1.807) is 0 Å². The Morgan fingerprint density at radius 3 is 1.42 bits per heavy atom. The van der Waals surface area contributed by atoms with Crippen molar-refractivity contribution < 1.29 is 9.59 Å². The molecule has 0 bridgehead atoms. The Labute approximate surface area is 184 Å². The standard InChI is InChI=1S/C27H30N2O2/c1-19(2)25(27(31)28-20(3)21-13-7-4-8-14-21)29-26(30)24(22-15-9-5-10-16-22)23-17-11-6-12-18-23/h4-20,24-25H,1-3H3,(H,28,31)(H,29,30)/t20-,25-/m0/s1. The quantitative estimate of drug-likeness (QED) is 0.554. The van der Waals surface area contributed by atoms with Gasteiger partial charge in [0, 0.05) is 0 Å². The summed E-state index contributed by atoms with van der Waals surface area (Å²) in [5, 5.41) is 6.07. The third-order valence-electron chi connectivity index (χ3n) is 5.43. The molecule has 0 saturated heterocycles. The molecular formula is C27H30N2O2. The number of amides is 2. The number of hydrogen-bond donors (Lipinski definition) is 2. The van der Waals surface area contributed by atoms with Crippen molar-refractivity contribution >= 4 is 11.8 Å². The van der Waals surface area contributed by atoms with E-state index in [2.05, 4.69) is 10.6 Å². The molecule has 2 amide bonds. The molecule has 3 aromatic rings. The van der Waals surface area contributed by atoms with Crippen molar-refractivity contribution in [3.63, 3.8) is 0 Å². The fraction of sp³-hybridized carbons (Fsp3) is 0.259. The van der Waals surface area contributed by atoms with E-state index in [4.69, 9.17) is 0 Å². The van der Waals surface area contributed by atoms with Gasteiger partial charge in [-0.05, 0) is 29.5 Å². The zero-order chi connectivity index (χ0) is 22.2. The Balaban J connectivity index is 1.80. The summed E-state index contributed by atoms with van der Waals surface area (Å²) in [5.74, 6) is -0.902. The molecule has 0 radical (unpaired) electrons. The van der Waals surface area contributed by atoms with Crippen molar-refractivity contribution in [2.45, 2.75) is 38.8 Å². The molecule has 0 saturated carbocycles. The van der Waals surface area contributed by atoms with Crippen LogP contribution >= 0.6 is 0 Å². The zero-order valence-corrected chi connectivity index (χ0v) is 18.3. The van der Waals surface area contributed by atoms with Gasteiger partial charge in [-0.2, -0.15) is 0 Å². The number of hydrogen-bond acceptors (Lipinski definition) is 2. The fourth-order valence-electron chi connectivity index (χ4n) is 3.69. The van der Waals surface area contributed by atoms with E-state index in [-0.39, 0.29) is 23.8 Å². The third-order valence-corrected chi connectivity index (χ3v) is 5.43. The molecule has 4 nitrogen and oxygen atoms in total. The minimum Gasteiger partial charge on any atom is -0.348 e. The first-order valence-electron chi connectivity index (χ1n) is 10.7. The van der Waals surface area contributed by atoms with Crippen LogP contribution < -0.4 is 10.6 Å². The lowest BCUT2D eigenvalue weighted by Crippen LogP contribution is -2.51. The molecule has 4 heteroatoms. The van der Waals surface area contributed by atoms with Gasteiger partial charge in [0.1, 0.15) is 6.04 Å². The van der Waals surface area contributed by atoms with Crippen LogP contribution in [0.4, 0.5) is 0 Å². The molecule has 0 spiro atoms. The monoisotopic (exact) mass is 414 g/mol. The largest absolute Gasteiger partial charge is 0.348 e. The van der Waals surface area contributed by atoms with E-state index >= 15 is 0 Å². The molecule has 0 aromatic heterocycles. The number of nitrogens with one attached hydrogen (secondary N) is 2. The summed E-state index contributed by atoms with van der Waals surface area (Å²) >= 11 is 0. The van der Waals surface area contributed by atoms with Crippen LogP contribution in [0.2, 0.25) is 0 Å². The maximum absolute atomic E-state index is 13.4. The molecule has 0 heterocycles. The normalized spacial score (nSPS) is 12.9. The Kier molecular flexibility index (Phi) is 7.60. The van der Waals surface area contributed by atoms with E-state index in [1.807, 2.05) is 112 Å². The Hall–Kier alpha value is -3.40. The summed E-state index contributed by atoms with van der Waals surface area (Å²) in [7, 11) is 0. The molecule has 0 aliphatic carbocycles. The molecule has 0 aliphatic heterocycles. The van der Waals surface area contributed by atoms with Crippen LogP contribution in [-0.4, -0.2) is 17.9 Å². The average molecular weight is 415 g/mol. The molecule has 31 heavy (non-hydrogen) atoms. The molecule has 2 atom stereocenters. The molecule has 0 aliphatic rings. The van der Waals surface area contributed by atoms with Gasteiger partial charge in [0.05, 0.1) is 12.0 Å². The van der Waals surface area contributed by atoms with Gasteiger partial charge >= 0.3 is 0 Å². The van der Waals surface area contributed by atoms with Gasteiger partial charge in [-0.3, -0.25) is 9.59 Å². The minimum atomic E-state index is -0.631. The van der Waals surface area contributed by atoms with E-state index < -0.39 is 12.0 Å². The number of carbonyl (C=O) groups excluding carboxylic acids is 2. The smallest absolute Gasteiger partial charge is 0.243 e. The topological polar surface area (TPSA) is 58.2 Å². The number of benzene rings is 3. The molecule has 160 valence electrons. The van der Waals surface area contributed by atoms with Crippen LogP contribution in [0.15, 0.2) is 91.0 Å². The second kappa shape index (κ2) is 10.6. The highest BCUT2D eigenvalue weighted by molar-refractivity contribution is 5.92. The van der Waals surface area contributed by atoms with Crippen molar-refractivity contribution in [1.29, 1.82) is 0 Å². The van der Waals surface area contributed by atoms with Crippen LogP contribution in [-0.2, 0) is 9.59 Å². The van der Waals surface area contributed by atoms with Crippen molar-refractivity contribution in [2.24, 2.45) is 5.92 Å². The first kappa shape index (κ1) is 22.3. The maximum Gasteiger partial charge on any atom is 0.243 e. The summed E-state index contributed by atoms with van der Waals surface area (Å²) in [6.07, 6.45) is 0. The average Bonchev–Trinajstić information content (AvgIpc) is 2.79. The predicted molar refractivity (Wildman–Crippen MR) is 124 cm³/mol. The van der Waals surface area contributed by atoms with E-state index in [0.29, 0.717) is 0 Å².